The van der Waals surface area contributed by atoms with Crippen molar-refractivity contribution in [2.75, 3.05) is 7.11 Å². The molecule has 1 N–H and O–H groups in total. The highest BCUT2D eigenvalue weighted by molar-refractivity contribution is 5.72. The third kappa shape index (κ3) is 2.82. The van der Waals surface area contributed by atoms with E-state index in [0.717, 1.165) is 30.4 Å². The predicted molar refractivity (Wildman–Crippen MR) is 63.0 cm³/mol. The maximum absolute atomic E-state index is 10.7. The zero-order valence-corrected chi connectivity index (χ0v) is 10.2. The summed E-state index contributed by atoms with van der Waals surface area (Å²) in [6.45, 7) is 4.40. The van der Waals surface area contributed by atoms with Crippen molar-refractivity contribution in [2.45, 2.75) is 20.4 Å². The fraction of sp³-hybridized carbons (Fsp3) is 0.333. The lowest BCUT2D eigenvalue weighted by atomic mass is 10.2. The molecule has 0 aliphatic heterocycles. The summed E-state index contributed by atoms with van der Waals surface area (Å²) in [4.78, 5) is 10.7. The summed E-state index contributed by atoms with van der Waals surface area (Å²) < 4.78 is 6.94. The second-order valence-corrected chi connectivity index (χ2v) is 3.48. The van der Waals surface area contributed by atoms with E-state index in [9.17, 15) is 4.79 Å². The summed E-state index contributed by atoms with van der Waals surface area (Å²) >= 11 is 0. The van der Waals surface area contributed by atoms with E-state index in [4.69, 9.17) is 9.63 Å². The number of hydrogen-bond acceptors (Lipinski definition) is 4. The Bertz CT molecular complexity index is 466. The minimum Gasteiger partial charge on any atom is -0.400 e. The quantitative estimate of drug-likeness (QED) is 0.821. The SMILES string of the molecule is CO.Cc1noc(C)c1Cn1cccc1C=O. The molecule has 2 aromatic rings. The molecule has 0 saturated heterocycles. The van der Waals surface area contributed by atoms with E-state index >= 15 is 0 Å². The second kappa shape index (κ2) is 6.00. The van der Waals surface area contributed by atoms with E-state index in [1.54, 1.807) is 6.07 Å². The van der Waals surface area contributed by atoms with Crippen LogP contribution < -0.4 is 0 Å². The van der Waals surface area contributed by atoms with Crippen molar-refractivity contribution in [3.63, 3.8) is 0 Å². The molecule has 0 unspecified atom stereocenters. The zero-order valence-electron chi connectivity index (χ0n) is 10.2. The Hall–Kier alpha value is -1.88. The van der Waals surface area contributed by atoms with Gasteiger partial charge in [-0.3, -0.25) is 4.79 Å². The normalized spacial score (nSPS) is 9.65. The third-order valence-corrected chi connectivity index (χ3v) is 2.50. The smallest absolute Gasteiger partial charge is 0.166 e. The van der Waals surface area contributed by atoms with Gasteiger partial charge in [0.2, 0.25) is 0 Å². The Kier molecular flexibility index (Phi) is 4.66. The van der Waals surface area contributed by atoms with E-state index < -0.39 is 0 Å². The van der Waals surface area contributed by atoms with Crippen molar-refractivity contribution < 1.29 is 14.4 Å². The van der Waals surface area contributed by atoms with Crippen molar-refractivity contribution >= 4 is 6.29 Å². The molecule has 2 heterocycles. The number of carbonyl (C=O) groups is 1. The number of aromatic nitrogens is 2. The molecule has 5 heteroatoms. The maximum Gasteiger partial charge on any atom is 0.166 e. The maximum atomic E-state index is 10.7. The van der Waals surface area contributed by atoms with Gasteiger partial charge >= 0.3 is 0 Å². The lowest BCUT2D eigenvalue weighted by Crippen LogP contribution is -2.03. The summed E-state index contributed by atoms with van der Waals surface area (Å²) in [5, 5.41) is 10.9. The second-order valence-electron chi connectivity index (χ2n) is 3.48. The fourth-order valence-electron chi connectivity index (χ4n) is 1.58. The Balaban J connectivity index is 0.000000686. The first-order valence-electron chi connectivity index (χ1n) is 5.19. The van der Waals surface area contributed by atoms with Crippen LogP contribution in [0.25, 0.3) is 0 Å². The average Bonchev–Trinajstić information content (AvgIpc) is 2.93. The van der Waals surface area contributed by atoms with E-state index in [2.05, 4.69) is 5.16 Å². The molecule has 0 bridgehead atoms. The van der Waals surface area contributed by atoms with Crippen LogP contribution in [-0.4, -0.2) is 28.2 Å². The average molecular weight is 236 g/mol. The minimum absolute atomic E-state index is 0.627. The number of aliphatic hydroxyl groups excluding tert-OH is 1. The fourth-order valence-corrected chi connectivity index (χ4v) is 1.58. The van der Waals surface area contributed by atoms with E-state index in [1.165, 1.54) is 0 Å². The van der Waals surface area contributed by atoms with Gasteiger partial charge in [0.15, 0.2) is 6.29 Å². The first kappa shape index (κ1) is 13.2. The van der Waals surface area contributed by atoms with Crippen LogP contribution in [0, 0.1) is 13.8 Å². The standard InChI is InChI=1S/C11H12N2O2.CH4O/c1-8-11(9(2)15-12-8)6-13-5-3-4-10(13)7-14;1-2/h3-5,7H,6H2,1-2H3;2H,1H3. The van der Waals surface area contributed by atoms with Crippen molar-refractivity contribution in [3.05, 3.63) is 41.0 Å². The van der Waals surface area contributed by atoms with Crippen molar-refractivity contribution in [2.24, 2.45) is 0 Å². The number of hydrogen-bond donors (Lipinski definition) is 1. The molecule has 0 saturated carbocycles. The van der Waals surface area contributed by atoms with Crippen LogP contribution in [0.1, 0.15) is 27.5 Å². The molecule has 0 atom stereocenters. The van der Waals surface area contributed by atoms with Gasteiger partial charge in [0, 0.05) is 18.9 Å². The molecule has 92 valence electrons. The first-order chi connectivity index (χ1) is 8.22. The summed E-state index contributed by atoms with van der Waals surface area (Å²) in [6.07, 6.45) is 2.72. The Labute approximate surface area is 99.7 Å². The summed E-state index contributed by atoms with van der Waals surface area (Å²) in [5.41, 5.74) is 2.57. The predicted octanol–water partition coefficient (Wildman–Crippen LogP) is 1.56. The highest BCUT2D eigenvalue weighted by Crippen LogP contribution is 2.14. The third-order valence-electron chi connectivity index (χ3n) is 2.50. The first-order valence-corrected chi connectivity index (χ1v) is 5.19. The highest BCUT2D eigenvalue weighted by atomic mass is 16.5. The van der Waals surface area contributed by atoms with Gasteiger partial charge in [-0.25, -0.2) is 0 Å². The van der Waals surface area contributed by atoms with E-state index in [0.29, 0.717) is 12.2 Å². The van der Waals surface area contributed by atoms with Crippen LogP contribution in [-0.2, 0) is 6.54 Å². The number of aliphatic hydroxyl groups is 1. The van der Waals surface area contributed by atoms with Gasteiger partial charge in [0.25, 0.3) is 0 Å². The van der Waals surface area contributed by atoms with Gasteiger partial charge in [-0.05, 0) is 26.0 Å². The molecule has 5 nitrogen and oxygen atoms in total. The number of aryl methyl sites for hydroxylation is 2. The molecule has 2 aromatic heterocycles. The van der Waals surface area contributed by atoms with Gasteiger partial charge in [-0.15, -0.1) is 0 Å². The van der Waals surface area contributed by atoms with Crippen LogP contribution in [0.4, 0.5) is 0 Å². The summed E-state index contributed by atoms with van der Waals surface area (Å²) in [7, 11) is 1.00. The molecule has 0 radical (unpaired) electrons. The van der Waals surface area contributed by atoms with Crippen LogP contribution in [0.5, 0.6) is 0 Å². The van der Waals surface area contributed by atoms with Crippen LogP contribution in [0.15, 0.2) is 22.9 Å². The summed E-state index contributed by atoms with van der Waals surface area (Å²) in [5.74, 6) is 0.804. The van der Waals surface area contributed by atoms with Crippen LogP contribution in [0.2, 0.25) is 0 Å². The van der Waals surface area contributed by atoms with Gasteiger partial charge in [0.05, 0.1) is 17.9 Å². The monoisotopic (exact) mass is 236 g/mol. The molecular formula is C12H16N2O3. The topological polar surface area (TPSA) is 68.3 Å². The van der Waals surface area contributed by atoms with E-state index in [-0.39, 0.29) is 0 Å². The largest absolute Gasteiger partial charge is 0.400 e. The lowest BCUT2D eigenvalue weighted by molar-refractivity contribution is 0.111. The van der Waals surface area contributed by atoms with Crippen molar-refractivity contribution in [1.29, 1.82) is 0 Å². The number of aldehydes is 1. The van der Waals surface area contributed by atoms with Crippen LogP contribution in [0.3, 0.4) is 0 Å². The van der Waals surface area contributed by atoms with Gasteiger partial charge < -0.3 is 14.2 Å². The minimum atomic E-state index is 0.627. The van der Waals surface area contributed by atoms with Gasteiger partial charge in [-0.2, -0.15) is 0 Å². The molecule has 17 heavy (non-hydrogen) atoms. The van der Waals surface area contributed by atoms with Gasteiger partial charge in [0.1, 0.15) is 5.76 Å². The molecule has 2 rings (SSSR count). The molecular weight excluding hydrogens is 220 g/mol. The Morgan fingerprint density at radius 3 is 2.71 bits per heavy atom. The van der Waals surface area contributed by atoms with Crippen molar-refractivity contribution in [1.82, 2.24) is 9.72 Å². The number of rotatable bonds is 3. The molecule has 0 amide bonds. The number of carbonyl (C=O) groups excluding carboxylic acids is 1. The van der Waals surface area contributed by atoms with E-state index in [1.807, 2.05) is 30.7 Å². The molecule has 0 aliphatic carbocycles. The highest BCUT2D eigenvalue weighted by Gasteiger charge is 2.10. The summed E-state index contributed by atoms with van der Waals surface area (Å²) in [6, 6.07) is 3.63. The van der Waals surface area contributed by atoms with Crippen LogP contribution >= 0.6 is 0 Å². The van der Waals surface area contributed by atoms with Crippen molar-refractivity contribution in [3.8, 4) is 0 Å². The Morgan fingerprint density at radius 2 is 2.18 bits per heavy atom. The zero-order chi connectivity index (χ0) is 12.8. The number of nitrogens with zero attached hydrogens (tertiary/aromatic N) is 2. The molecule has 0 aromatic carbocycles. The van der Waals surface area contributed by atoms with Gasteiger partial charge in [-0.1, -0.05) is 5.16 Å². The molecule has 0 fully saturated rings. The molecule has 0 spiro atoms. The lowest BCUT2D eigenvalue weighted by Gasteiger charge is -2.04. The Morgan fingerprint density at radius 1 is 1.47 bits per heavy atom. The molecule has 0 aliphatic rings.